The van der Waals surface area contributed by atoms with Gasteiger partial charge in [0.1, 0.15) is 5.75 Å². The monoisotopic (exact) mass is 286 g/mol. The third-order valence-electron chi connectivity index (χ3n) is 2.98. The molecule has 1 rings (SSSR count). The summed E-state index contributed by atoms with van der Waals surface area (Å²) in [5.74, 6) is 0.909. The lowest BCUT2D eigenvalue weighted by Gasteiger charge is -2.16. The maximum atomic E-state index is 11.6. The van der Waals surface area contributed by atoms with E-state index in [1.165, 1.54) is 4.31 Å². The summed E-state index contributed by atoms with van der Waals surface area (Å²) in [4.78, 5) is 0. The standard InChI is InChI=1S/C13H22N2O3S/c1-11(12-5-7-13(18-4)8-6-12)14-9-10-19(16,17)15(2)3/h5-8,11,14H,9-10H2,1-4H3. The van der Waals surface area contributed by atoms with E-state index in [2.05, 4.69) is 5.32 Å². The van der Waals surface area contributed by atoms with Crippen molar-refractivity contribution in [3.8, 4) is 5.75 Å². The van der Waals surface area contributed by atoms with Gasteiger partial charge in [-0.1, -0.05) is 12.1 Å². The van der Waals surface area contributed by atoms with Gasteiger partial charge >= 0.3 is 0 Å². The van der Waals surface area contributed by atoms with Crippen LogP contribution in [-0.2, 0) is 10.0 Å². The summed E-state index contributed by atoms with van der Waals surface area (Å²) in [6.45, 7) is 2.43. The van der Waals surface area contributed by atoms with Crippen LogP contribution in [0.1, 0.15) is 18.5 Å². The van der Waals surface area contributed by atoms with Crippen molar-refractivity contribution in [3.63, 3.8) is 0 Å². The number of methoxy groups -OCH3 is 1. The fraction of sp³-hybridized carbons (Fsp3) is 0.538. The van der Waals surface area contributed by atoms with Crippen molar-refractivity contribution in [2.45, 2.75) is 13.0 Å². The summed E-state index contributed by atoms with van der Waals surface area (Å²) >= 11 is 0. The molecule has 1 aromatic rings. The third-order valence-corrected chi connectivity index (χ3v) is 4.82. The summed E-state index contributed by atoms with van der Waals surface area (Å²) in [6, 6.07) is 7.82. The molecule has 1 N–H and O–H groups in total. The molecule has 0 aliphatic heterocycles. The van der Waals surface area contributed by atoms with Crippen LogP contribution in [-0.4, -0.2) is 46.2 Å². The van der Waals surface area contributed by atoms with Gasteiger partial charge in [0.15, 0.2) is 0 Å². The Hall–Kier alpha value is -1.11. The molecule has 0 aliphatic rings. The van der Waals surface area contributed by atoms with Crippen molar-refractivity contribution in [3.05, 3.63) is 29.8 Å². The van der Waals surface area contributed by atoms with Crippen LogP contribution >= 0.6 is 0 Å². The highest BCUT2D eigenvalue weighted by Crippen LogP contribution is 2.16. The predicted octanol–water partition coefficient (Wildman–Crippen LogP) is 1.24. The van der Waals surface area contributed by atoms with E-state index in [1.54, 1.807) is 21.2 Å². The second-order valence-corrected chi connectivity index (χ2v) is 6.85. The predicted molar refractivity (Wildman–Crippen MR) is 76.9 cm³/mol. The van der Waals surface area contributed by atoms with Crippen molar-refractivity contribution in [1.29, 1.82) is 0 Å². The Bertz CT molecular complexity index is 483. The highest BCUT2D eigenvalue weighted by molar-refractivity contribution is 7.89. The molecule has 1 unspecified atom stereocenters. The maximum absolute atomic E-state index is 11.6. The van der Waals surface area contributed by atoms with Crippen molar-refractivity contribution in [1.82, 2.24) is 9.62 Å². The molecular weight excluding hydrogens is 264 g/mol. The number of ether oxygens (including phenoxy) is 1. The number of nitrogens with one attached hydrogen (secondary N) is 1. The van der Waals surface area contributed by atoms with Gasteiger partial charge in [-0.2, -0.15) is 0 Å². The molecule has 19 heavy (non-hydrogen) atoms. The van der Waals surface area contributed by atoms with Crippen LogP contribution in [0.25, 0.3) is 0 Å². The van der Waals surface area contributed by atoms with E-state index < -0.39 is 10.0 Å². The Labute approximate surface area is 115 Å². The largest absolute Gasteiger partial charge is 0.497 e. The second kappa shape index (κ2) is 6.88. The Morgan fingerprint density at radius 1 is 1.26 bits per heavy atom. The molecule has 0 heterocycles. The van der Waals surface area contributed by atoms with Crippen molar-refractivity contribution < 1.29 is 13.2 Å². The molecule has 0 bridgehead atoms. The zero-order valence-corrected chi connectivity index (χ0v) is 12.7. The number of rotatable bonds is 7. The first kappa shape index (κ1) is 15.9. The number of nitrogens with zero attached hydrogens (tertiary/aromatic N) is 1. The lowest BCUT2D eigenvalue weighted by Crippen LogP contribution is -2.32. The quantitative estimate of drug-likeness (QED) is 0.819. The molecule has 1 aromatic carbocycles. The lowest BCUT2D eigenvalue weighted by molar-refractivity contribution is 0.414. The molecule has 108 valence electrons. The summed E-state index contributed by atoms with van der Waals surface area (Å²) in [5.41, 5.74) is 1.10. The van der Waals surface area contributed by atoms with Gasteiger partial charge in [-0.3, -0.25) is 0 Å². The number of benzene rings is 1. The van der Waals surface area contributed by atoms with Gasteiger partial charge in [-0.25, -0.2) is 12.7 Å². The molecule has 0 radical (unpaired) electrons. The fourth-order valence-corrected chi connectivity index (χ4v) is 2.34. The second-order valence-electron chi connectivity index (χ2n) is 4.55. The van der Waals surface area contributed by atoms with Crippen molar-refractivity contribution >= 4 is 10.0 Å². The highest BCUT2D eigenvalue weighted by Gasteiger charge is 2.13. The first-order valence-corrected chi connectivity index (χ1v) is 7.75. The Kier molecular flexibility index (Phi) is 5.78. The zero-order valence-electron chi connectivity index (χ0n) is 11.9. The van der Waals surface area contributed by atoms with Gasteiger partial charge in [0.05, 0.1) is 12.9 Å². The Balaban J connectivity index is 2.49. The summed E-state index contributed by atoms with van der Waals surface area (Å²) < 4.78 is 29.5. The number of hydrogen-bond acceptors (Lipinski definition) is 4. The van der Waals surface area contributed by atoms with Crippen LogP contribution in [0.5, 0.6) is 5.75 Å². The minimum absolute atomic E-state index is 0.0977. The van der Waals surface area contributed by atoms with Crippen molar-refractivity contribution in [2.75, 3.05) is 33.5 Å². The molecule has 0 amide bonds. The lowest BCUT2D eigenvalue weighted by atomic mass is 10.1. The zero-order chi connectivity index (χ0) is 14.5. The van der Waals surface area contributed by atoms with Gasteiger partial charge in [0.25, 0.3) is 0 Å². The number of hydrogen-bond donors (Lipinski definition) is 1. The molecule has 0 aromatic heterocycles. The van der Waals surface area contributed by atoms with E-state index >= 15 is 0 Å². The summed E-state index contributed by atoms with van der Waals surface area (Å²) in [7, 11) is 1.58. The summed E-state index contributed by atoms with van der Waals surface area (Å²) in [6.07, 6.45) is 0. The van der Waals surface area contributed by atoms with E-state index in [-0.39, 0.29) is 11.8 Å². The Morgan fingerprint density at radius 2 is 1.84 bits per heavy atom. The van der Waals surface area contributed by atoms with Crippen LogP contribution < -0.4 is 10.1 Å². The first-order valence-electron chi connectivity index (χ1n) is 6.14. The fourth-order valence-electron chi connectivity index (χ4n) is 1.60. The van der Waals surface area contributed by atoms with E-state index in [4.69, 9.17) is 4.74 Å². The van der Waals surface area contributed by atoms with Crippen LogP contribution in [0.3, 0.4) is 0 Å². The molecule has 0 fully saturated rings. The molecule has 0 aliphatic carbocycles. The van der Waals surface area contributed by atoms with E-state index in [0.29, 0.717) is 6.54 Å². The van der Waals surface area contributed by atoms with Gasteiger partial charge in [-0.15, -0.1) is 0 Å². The smallest absolute Gasteiger partial charge is 0.214 e. The molecular formula is C13H22N2O3S. The number of sulfonamides is 1. The molecule has 0 saturated heterocycles. The Morgan fingerprint density at radius 3 is 2.32 bits per heavy atom. The molecule has 0 saturated carbocycles. The highest BCUT2D eigenvalue weighted by atomic mass is 32.2. The first-order chi connectivity index (χ1) is 8.86. The van der Waals surface area contributed by atoms with Gasteiger partial charge in [-0.05, 0) is 24.6 Å². The molecule has 1 atom stereocenters. The van der Waals surface area contributed by atoms with Gasteiger partial charge < -0.3 is 10.1 Å². The topological polar surface area (TPSA) is 58.6 Å². The van der Waals surface area contributed by atoms with Crippen LogP contribution in [0, 0.1) is 0 Å². The van der Waals surface area contributed by atoms with Crippen LogP contribution in [0.2, 0.25) is 0 Å². The van der Waals surface area contributed by atoms with Crippen molar-refractivity contribution in [2.24, 2.45) is 0 Å². The molecule has 0 spiro atoms. The van der Waals surface area contributed by atoms with Gasteiger partial charge in [0.2, 0.25) is 10.0 Å². The molecule has 6 heteroatoms. The minimum Gasteiger partial charge on any atom is -0.497 e. The molecule has 5 nitrogen and oxygen atoms in total. The average Bonchev–Trinajstić information content (AvgIpc) is 2.38. The SMILES string of the molecule is COc1ccc(C(C)NCCS(=O)(=O)N(C)C)cc1. The van der Waals surface area contributed by atoms with E-state index in [0.717, 1.165) is 11.3 Å². The maximum Gasteiger partial charge on any atom is 0.214 e. The van der Waals surface area contributed by atoms with Crippen LogP contribution in [0.15, 0.2) is 24.3 Å². The van der Waals surface area contributed by atoms with Gasteiger partial charge in [0, 0.05) is 26.7 Å². The third kappa shape index (κ3) is 4.81. The summed E-state index contributed by atoms with van der Waals surface area (Å²) in [5, 5.41) is 3.20. The normalized spacial score (nSPS) is 13.5. The minimum atomic E-state index is -3.14. The average molecular weight is 286 g/mol. The van der Waals surface area contributed by atoms with Crippen LogP contribution in [0.4, 0.5) is 0 Å². The van der Waals surface area contributed by atoms with E-state index in [9.17, 15) is 8.42 Å². The van der Waals surface area contributed by atoms with E-state index in [1.807, 2.05) is 31.2 Å².